The van der Waals surface area contributed by atoms with Crippen molar-refractivity contribution in [3.05, 3.63) is 52.4 Å². The first-order valence-electron chi connectivity index (χ1n) is 10.8. The molecule has 0 radical (unpaired) electrons. The van der Waals surface area contributed by atoms with Gasteiger partial charge < -0.3 is 15.2 Å². The molecule has 1 unspecified atom stereocenters. The summed E-state index contributed by atoms with van der Waals surface area (Å²) in [5.41, 5.74) is -2.63. The van der Waals surface area contributed by atoms with Gasteiger partial charge in [-0.2, -0.15) is 0 Å². The molecule has 2 aromatic rings. The van der Waals surface area contributed by atoms with Crippen LogP contribution in [0.2, 0.25) is 5.02 Å². The quantitative estimate of drug-likeness (QED) is 0.735. The maximum absolute atomic E-state index is 14.1. The third kappa shape index (κ3) is 4.75. The van der Waals surface area contributed by atoms with Gasteiger partial charge in [0.15, 0.2) is 0 Å². The first-order valence-corrected chi connectivity index (χ1v) is 8.64. The number of anilines is 1. The second-order valence-electron chi connectivity index (χ2n) is 6.18. The monoisotopic (exact) mass is 425 g/mol. The van der Waals surface area contributed by atoms with Gasteiger partial charge in [0, 0.05) is 16.5 Å². The lowest BCUT2D eigenvalue weighted by Crippen LogP contribution is -2.39. The van der Waals surface area contributed by atoms with Crippen LogP contribution in [-0.4, -0.2) is 52.6 Å². The number of nitrogens with one attached hydrogen (secondary N) is 1. The molecule has 1 atom stereocenters. The van der Waals surface area contributed by atoms with Crippen LogP contribution in [0.1, 0.15) is 34.9 Å². The zero-order valence-corrected chi connectivity index (χ0v) is 15.6. The number of carboxylic acids is 1. The molecule has 29 heavy (non-hydrogen) atoms. The molecule has 2 aromatic heterocycles. The average Bonchev–Trinajstić information content (AvgIpc) is 2.76. The van der Waals surface area contributed by atoms with Gasteiger partial charge in [-0.1, -0.05) is 11.6 Å². The third-order valence-corrected chi connectivity index (χ3v) is 4.23. The Hall–Kier alpha value is -2.91. The van der Waals surface area contributed by atoms with Crippen molar-refractivity contribution in [2.24, 2.45) is 4.99 Å². The Labute approximate surface area is 177 Å². The first-order chi connectivity index (χ1) is 15.9. The molecule has 10 heteroatoms. The molecule has 0 saturated heterocycles. The highest BCUT2D eigenvalue weighted by Crippen LogP contribution is 2.31. The number of rotatable bonds is 6. The van der Waals surface area contributed by atoms with Crippen LogP contribution in [0.15, 0.2) is 35.5 Å². The van der Waals surface area contributed by atoms with Crippen molar-refractivity contribution in [2.45, 2.75) is 18.8 Å². The fraction of sp³-hybridized carbons (Fsp3) is 0.316. The summed E-state index contributed by atoms with van der Waals surface area (Å²) < 4.78 is 58.0. The van der Waals surface area contributed by atoms with Crippen LogP contribution in [0.4, 0.5) is 10.2 Å². The molecule has 3 heterocycles. The van der Waals surface area contributed by atoms with E-state index >= 15 is 0 Å². The van der Waals surface area contributed by atoms with Crippen molar-refractivity contribution in [2.75, 3.05) is 25.2 Å². The van der Waals surface area contributed by atoms with Gasteiger partial charge in [-0.15, -0.1) is 0 Å². The molecule has 152 valence electrons. The van der Waals surface area contributed by atoms with Crippen molar-refractivity contribution in [3.63, 3.8) is 0 Å². The minimum absolute atomic E-state index is 0.0617. The van der Waals surface area contributed by atoms with Crippen LogP contribution in [0.3, 0.4) is 0 Å². The molecule has 1 amide bonds. The van der Waals surface area contributed by atoms with Crippen LogP contribution in [0.25, 0.3) is 0 Å². The minimum Gasteiger partial charge on any atom is -0.481 e. The smallest absolute Gasteiger partial charge is 0.309 e. The summed E-state index contributed by atoms with van der Waals surface area (Å²) >= 11 is 5.78. The minimum atomic E-state index is -2.92. The highest BCUT2D eigenvalue weighted by molar-refractivity contribution is 6.30. The maximum Gasteiger partial charge on any atom is 0.309 e. The number of ether oxygens (including phenoxy) is 1. The van der Waals surface area contributed by atoms with E-state index in [0.717, 1.165) is 0 Å². The summed E-state index contributed by atoms with van der Waals surface area (Å²) in [7, 11) is 0. The lowest BCUT2D eigenvalue weighted by atomic mass is 9.92. The summed E-state index contributed by atoms with van der Waals surface area (Å²) in [6.07, 6.45) is 0.166. The Balaban J connectivity index is 1.98. The van der Waals surface area contributed by atoms with Gasteiger partial charge in [0.2, 0.25) is 0 Å². The molecule has 2 N–H and O–H groups in total. The number of halogens is 2. The summed E-state index contributed by atoms with van der Waals surface area (Å²) in [4.78, 5) is 35.7. The van der Waals surface area contributed by atoms with E-state index in [1.807, 2.05) is 0 Å². The molecule has 0 fully saturated rings. The Morgan fingerprint density at radius 1 is 1.52 bits per heavy atom. The molecule has 0 saturated carbocycles. The SMILES string of the molecule is [2H]c1nc(C(=O)Nc2cc(C3(CF)COCC(CC(=O)O)=N3)ccn2)c(C([2H])([2H])[2H])c([2H])c1Cl. The number of hydrogen-bond acceptors (Lipinski definition) is 6. The van der Waals surface area contributed by atoms with Crippen molar-refractivity contribution in [3.8, 4) is 0 Å². The predicted octanol–water partition coefficient (Wildman–Crippen LogP) is 2.80. The van der Waals surface area contributed by atoms with Crippen LogP contribution < -0.4 is 5.32 Å². The van der Waals surface area contributed by atoms with Crippen LogP contribution in [0, 0.1) is 6.85 Å². The molecule has 0 spiro atoms. The number of aliphatic imine (C=N–C) groups is 1. The van der Waals surface area contributed by atoms with E-state index in [-0.39, 0.29) is 30.3 Å². The molecular formula is C19H18ClFN4O4. The highest BCUT2D eigenvalue weighted by atomic mass is 35.5. The first kappa shape index (κ1) is 15.0. The second-order valence-corrected chi connectivity index (χ2v) is 6.55. The lowest BCUT2D eigenvalue weighted by molar-refractivity contribution is -0.135. The second kappa shape index (κ2) is 8.62. The standard InChI is InChI=1S/C19H18ClFN4O4/c1-11-4-13(20)7-23-17(11)18(28)24-15-5-12(2-3-22-15)19(9-21)10-29-8-14(25-19)6-16(26)27/h2-5,7H,6,8-10H2,1H3,(H,26,27)(H,22,24,28)/i1D3,4D,7D. The van der Waals surface area contributed by atoms with Crippen molar-refractivity contribution >= 4 is 35.0 Å². The maximum atomic E-state index is 14.1. The largest absolute Gasteiger partial charge is 0.481 e. The molecule has 1 aliphatic rings. The van der Waals surface area contributed by atoms with E-state index < -0.39 is 65.9 Å². The molecule has 8 nitrogen and oxygen atoms in total. The fourth-order valence-corrected chi connectivity index (χ4v) is 2.89. The van der Waals surface area contributed by atoms with E-state index in [1.165, 1.54) is 18.3 Å². The number of alkyl halides is 1. The van der Waals surface area contributed by atoms with Gasteiger partial charge >= 0.3 is 5.97 Å². The number of hydrogen-bond donors (Lipinski definition) is 2. The van der Waals surface area contributed by atoms with E-state index in [0.29, 0.717) is 0 Å². The van der Waals surface area contributed by atoms with E-state index in [9.17, 15) is 14.0 Å². The third-order valence-electron chi connectivity index (χ3n) is 4.05. The number of amides is 1. The van der Waals surface area contributed by atoms with Gasteiger partial charge in [0.1, 0.15) is 23.7 Å². The molecule has 3 rings (SSSR count). The Kier molecular flexibility index (Phi) is 4.46. The van der Waals surface area contributed by atoms with E-state index in [1.54, 1.807) is 0 Å². The predicted molar refractivity (Wildman–Crippen MR) is 104 cm³/mol. The van der Waals surface area contributed by atoms with Crippen LogP contribution in [0.5, 0.6) is 0 Å². The Bertz CT molecular complexity index is 1180. The Morgan fingerprint density at radius 3 is 3.07 bits per heavy atom. The summed E-state index contributed by atoms with van der Waals surface area (Å²) in [6.45, 7) is -4.19. The lowest BCUT2D eigenvalue weighted by Gasteiger charge is -2.32. The number of carbonyl (C=O) groups excluding carboxylic acids is 1. The number of aliphatic carboxylic acids is 1. The van der Waals surface area contributed by atoms with E-state index in [4.69, 9.17) is 28.3 Å². The van der Waals surface area contributed by atoms with Crippen LogP contribution >= 0.6 is 11.6 Å². The zero-order chi connectivity index (χ0) is 25.3. The van der Waals surface area contributed by atoms with Gasteiger partial charge in [0.05, 0.1) is 33.1 Å². The zero-order valence-electron chi connectivity index (χ0n) is 19.8. The molecule has 0 bridgehead atoms. The van der Waals surface area contributed by atoms with Crippen molar-refractivity contribution in [1.82, 2.24) is 9.97 Å². The number of carboxylic acid groups (broad SMARTS) is 1. The molecular weight excluding hydrogens is 403 g/mol. The summed E-state index contributed by atoms with van der Waals surface area (Å²) in [5, 5.41) is 10.8. The highest BCUT2D eigenvalue weighted by Gasteiger charge is 2.36. The Morgan fingerprint density at radius 2 is 2.34 bits per heavy atom. The summed E-state index contributed by atoms with van der Waals surface area (Å²) in [5.74, 6) is -2.34. The summed E-state index contributed by atoms with van der Waals surface area (Å²) in [6, 6.07) is 1.98. The van der Waals surface area contributed by atoms with Gasteiger partial charge in [-0.3, -0.25) is 14.6 Å². The van der Waals surface area contributed by atoms with Crippen molar-refractivity contribution in [1.29, 1.82) is 0 Å². The molecule has 0 aromatic carbocycles. The van der Waals surface area contributed by atoms with Crippen molar-refractivity contribution < 1.29 is 30.7 Å². The number of carbonyl (C=O) groups is 2. The van der Waals surface area contributed by atoms with Gasteiger partial charge in [0.25, 0.3) is 5.91 Å². The number of aromatic nitrogens is 2. The normalized spacial score (nSPS) is 21.7. The van der Waals surface area contributed by atoms with E-state index in [2.05, 4.69) is 20.3 Å². The fourth-order valence-electron chi connectivity index (χ4n) is 2.75. The average molecular weight is 426 g/mol. The number of pyridine rings is 2. The van der Waals surface area contributed by atoms with Gasteiger partial charge in [-0.05, 0) is 36.2 Å². The topological polar surface area (TPSA) is 114 Å². The number of nitrogens with zero attached hydrogens (tertiary/aromatic N) is 3. The molecule has 0 aliphatic carbocycles. The van der Waals surface area contributed by atoms with Crippen LogP contribution in [-0.2, 0) is 15.1 Å². The van der Waals surface area contributed by atoms with Gasteiger partial charge in [-0.25, -0.2) is 14.4 Å². The molecule has 1 aliphatic heterocycles.